The lowest BCUT2D eigenvalue weighted by Crippen LogP contribution is -2.44. The smallest absolute Gasteiger partial charge is 0.0774 e. The van der Waals surface area contributed by atoms with Crippen molar-refractivity contribution in [3.63, 3.8) is 0 Å². The molecule has 2 N–H and O–H groups in total. The number of hydrogen-bond acceptors (Lipinski definition) is 3. The summed E-state index contributed by atoms with van der Waals surface area (Å²) >= 11 is 0. The van der Waals surface area contributed by atoms with Gasteiger partial charge in [-0.3, -0.25) is 4.90 Å². The molecule has 17 heavy (non-hydrogen) atoms. The maximum absolute atomic E-state index is 10.6. The van der Waals surface area contributed by atoms with Crippen molar-refractivity contribution >= 4 is 0 Å². The predicted molar refractivity (Wildman–Crippen MR) is 66.7 cm³/mol. The van der Waals surface area contributed by atoms with Crippen molar-refractivity contribution in [2.75, 3.05) is 19.6 Å². The maximum atomic E-state index is 10.6. The normalized spacial score (nSPS) is 41.6. The summed E-state index contributed by atoms with van der Waals surface area (Å²) < 4.78 is 0. The number of aliphatic hydroxyl groups excluding tert-OH is 1. The van der Waals surface area contributed by atoms with E-state index in [1.807, 2.05) is 0 Å². The second kappa shape index (κ2) is 4.52. The number of nitrogens with zero attached hydrogens (tertiary/aromatic N) is 1. The van der Waals surface area contributed by atoms with Gasteiger partial charge in [-0.25, -0.2) is 0 Å². The summed E-state index contributed by atoms with van der Waals surface area (Å²) in [5, 5.41) is 20.5. The lowest BCUT2D eigenvalue weighted by Gasteiger charge is -2.35. The molecule has 3 fully saturated rings. The Balaban J connectivity index is 1.56. The first kappa shape index (κ1) is 11.9. The summed E-state index contributed by atoms with van der Waals surface area (Å²) in [7, 11) is 0. The molecule has 3 nitrogen and oxygen atoms in total. The van der Waals surface area contributed by atoms with Crippen molar-refractivity contribution in [3.8, 4) is 0 Å². The van der Waals surface area contributed by atoms with Gasteiger partial charge in [-0.05, 0) is 31.6 Å². The van der Waals surface area contributed by atoms with Gasteiger partial charge < -0.3 is 10.2 Å². The van der Waals surface area contributed by atoms with E-state index < -0.39 is 5.60 Å². The minimum Gasteiger partial charge on any atom is -0.393 e. The van der Waals surface area contributed by atoms with E-state index in [0.717, 1.165) is 38.9 Å². The van der Waals surface area contributed by atoms with Gasteiger partial charge in [0.05, 0.1) is 11.7 Å². The Morgan fingerprint density at radius 3 is 2.53 bits per heavy atom. The molecule has 2 aliphatic carbocycles. The van der Waals surface area contributed by atoms with Gasteiger partial charge in [-0.2, -0.15) is 0 Å². The molecule has 98 valence electrons. The van der Waals surface area contributed by atoms with Crippen LogP contribution in [-0.4, -0.2) is 46.5 Å². The number of β-amino-alcohol motifs (C(OH)–C–C–N with tert-alkyl or cyclic N) is 1. The highest BCUT2D eigenvalue weighted by Gasteiger charge is 2.43. The van der Waals surface area contributed by atoms with Crippen molar-refractivity contribution in [1.82, 2.24) is 4.90 Å². The molecule has 0 spiro atoms. The number of hydrogen-bond donors (Lipinski definition) is 2. The molecule has 1 heterocycles. The van der Waals surface area contributed by atoms with Gasteiger partial charge in [0.1, 0.15) is 0 Å². The SMILES string of the molecule is OC1CCC2CN(CC3(O)CCCCC3)CC12. The van der Waals surface area contributed by atoms with E-state index in [4.69, 9.17) is 0 Å². The molecule has 3 heteroatoms. The highest BCUT2D eigenvalue weighted by atomic mass is 16.3. The largest absolute Gasteiger partial charge is 0.393 e. The van der Waals surface area contributed by atoms with E-state index in [0.29, 0.717) is 11.8 Å². The molecule has 0 amide bonds. The minimum absolute atomic E-state index is 0.0778. The lowest BCUT2D eigenvalue weighted by molar-refractivity contribution is -0.0242. The third kappa shape index (κ3) is 2.38. The van der Waals surface area contributed by atoms with Crippen molar-refractivity contribution in [1.29, 1.82) is 0 Å². The van der Waals surface area contributed by atoms with Crippen LogP contribution in [0.3, 0.4) is 0 Å². The lowest BCUT2D eigenvalue weighted by atomic mass is 9.84. The summed E-state index contributed by atoms with van der Waals surface area (Å²) in [5.41, 5.74) is -0.429. The number of fused-ring (bicyclic) bond motifs is 1. The molecular weight excluding hydrogens is 214 g/mol. The summed E-state index contributed by atoms with van der Waals surface area (Å²) in [6.45, 7) is 2.95. The molecule has 1 saturated heterocycles. The molecule has 0 radical (unpaired) electrons. The summed E-state index contributed by atoms with van der Waals surface area (Å²) in [6.07, 6.45) is 7.69. The monoisotopic (exact) mass is 239 g/mol. The van der Waals surface area contributed by atoms with Crippen molar-refractivity contribution < 1.29 is 10.2 Å². The van der Waals surface area contributed by atoms with Crippen LogP contribution in [0.25, 0.3) is 0 Å². The second-order valence-corrected chi connectivity index (χ2v) is 6.55. The molecule has 1 aliphatic heterocycles. The fourth-order valence-corrected chi connectivity index (χ4v) is 4.24. The van der Waals surface area contributed by atoms with Crippen LogP contribution < -0.4 is 0 Å². The van der Waals surface area contributed by atoms with E-state index in [1.165, 1.54) is 25.7 Å². The van der Waals surface area contributed by atoms with Crippen LogP contribution in [0, 0.1) is 11.8 Å². The van der Waals surface area contributed by atoms with Crippen molar-refractivity contribution in [2.45, 2.75) is 56.7 Å². The van der Waals surface area contributed by atoms with Crippen LogP contribution in [0.1, 0.15) is 44.9 Å². The number of aliphatic hydroxyl groups is 2. The zero-order chi connectivity index (χ0) is 11.9. The van der Waals surface area contributed by atoms with Crippen LogP contribution in [0.4, 0.5) is 0 Å². The summed E-state index contributed by atoms with van der Waals surface area (Å²) in [5.74, 6) is 1.18. The molecule has 0 aromatic rings. The van der Waals surface area contributed by atoms with E-state index in [-0.39, 0.29) is 6.10 Å². The molecule has 0 bridgehead atoms. The fourth-order valence-electron chi connectivity index (χ4n) is 4.24. The molecule has 0 aromatic heterocycles. The van der Waals surface area contributed by atoms with Gasteiger partial charge in [0, 0.05) is 25.6 Å². The highest BCUT2D eigenvalue weighted by Crippen LogP contribution is 2.39. The Bertz CT molecular complexity index is 275. The van der Waals surface area contributed by atoms with E-state index >= 15 is 0 Å². The van der Waals surface area contributed by atoms with Crippen LogP contribution in [0.5, 0.6) is 0 Å². The van der Waals surface area contributed by atoms with Gasteiger partial charge in [-0.15, -0.1) is 0 Å². The third-order valence-corrected chi connectivity index (χ3v) is 5.20. The Labute approximate surface area is 104 Å². The average Bonchev–Trinajstić information content (AvgIpc) is 2.82. The van der Waals surface area contributed by atoms with Gasteiger partial charge in [0.15, 0.2) is 0 Å². The quantitative estimate of drug-likeness (QED) is 0.765. The van der Waals surface area contributed by atoms with Crippen molar-refractivity contribution in [2.24, 2.45) is 11.8 Å². The Morgan fingerprint density at radius 2 is 1.82 bits per heavy atom. The zero-order valence-electron chi connectivity index (χ0n) is 10.6. The van der Waals surface area contributed by atoms with Gasteiger partial charge >= 0.3 is 0 Å². The molecule has 3 unspecified atom stereocenters. The van der Waals surface area contributed by atoms with Crippen LogP contribution in [-0.2, 0) is 0 Å². The Kier molecular flexibility index (Phi) is 3.18. The van der Waals surface area contributed by atoms with Crippen LogP contribution in [0.15, 0.2) is 0 Å². The molecule has 3 rings (SSSR count). The van der Waals surface area contributed by atoms with Gasteiger partial charge in [-0.1, -0.05) is 19.3 Å². The van der Waals surface area contributed by atoms with E-state index in [9.17, 15) is 10.2 Å². The van der Waals surface area contributed by atoms with E-state index in [1.54, 1.807) is 0 Å². The Hall–Kier alpha value is -0.120. The molecule has 2 saturated carbocycles. The predicted octanol–water partition coefficient (Wildman–Crippen LogP) is 1.38. The Morgan fingerprint density at radius 1 is 1.06 bits per heavy atom. The average molecular weight is 239 g/mol. The molecule has 3 aliphatic rings. The highest BCUT2D eigenvalue weighted by molar-refractivity contribution is 4.96. The number of rotatable bonds is 2. The summed E-state index contributed by atoms with van der Waals surface area (Å²) in [4.78, 5) is 2.41. The summed E-state index contributed by atoms with van der Waals surface area (Å²) in [6, 6.07) is 0. The van der Waals surface area contributed by atoms with Crippen LogP contribution in [0.2, 0.25) is 0 Å². The van der Waals surface area contributed by atoms with Gasteiger partial charge in [0.2, 0.25) is 0 Å². The zero-order valence-corrected chi connectivity index (χ0v) is 10.6. The first-order chi connectivity index (χ1) is 8.16. The molecular formula is C14H25NO2. The fraction of sp³-hybridized carbons (Fsp3) is 1.00. The first-order valence-corrected chi connectivity index (χ1v) is 7.29. The molecule has 0 aromatic carbocycles. The third-order valence-electron chi connectivity index (χ3n) is 5.20. The standard InChI is InChI=1S/C14H25NO2/c16-13-5-4-11-8-15(9-12(11)13)10-14(17)6-2-1-3-7-14/h11-13,16-17H,1-10H2. The second-order valence-electron chi connectivity index (χ2n) is 6.55. The topological polar surface area (TPSA) is 43.7 Å². The van der Waals surface area contributed by atoms with Crippen LogP contribution >= 0.6 is 0 Å². The minimum atomic E-state index is -0.429. The van der Waals surface area contributed by atoms with Gasteiger partial charge in [0.25, 0.3) is 0 Å². The number of likely N-dealkylation sites (tertiary alicyclic amines) is 1. The van der Waals surface area contributed by atoms with E-state index in [2.05, 4.69) is 4.90 Å². The molecule has 3 atom stereocenters. The van der Waals surface area contributed by atoms with Crippen molar-refractivity contribution in [3.05, 3.63) is 0 Å². The first-order valence-electron chi connectivity index (χ1n) is 7.29. The maximum Gasteiger partial charge on any atom is 0.0774 e.